The van der Waals surface area contributed by atoms with Crippen molar-refractivity contribution in [2.75, 3.05) is 48.8 Å². The van der Waals surface area contributed by atoms with Gasteiger partial charge in [0.1, 0.15) is 0 Å². The second-order valence-electron chi connectivity index (χ2n) is 5.07. The lowest BCUT2D eigenvalue weighted by molar-refractivity contribution is 0.716. The number of aromatic nitrogens is 3. The van der Waals surface area contributed by atoms with Crippen molar-refractivity contribution in [1.29, 1.82) is 0 Å². The van der Waals surface area contributed by atoms with E-state index in [0.717, 1.165) is 44.8 Å². The SMILES string of the molecule is CCCNc1nc(N(C)C)nc(N(CCC)CCC)n1. The predicted octanol–water partition coefficient (Wildman–Crippen LogP) is 2.39. The molecule has 0 atom stereocenters. The van der Waals surface area contributed by atoms with Crippen LogP contribution in [0, 0.1) is 0 Å². The largest absolute Gasteiger partial charge is 0.354 e. The maximum Gasteiger partial charge on any atom is 0.231 e. The second-order valence-corrected chi connectivity index (χ2v) is 5.07. The van der Waals surface area contributed by atoms with E-state index in [9.17, 15) is 0 Å². The molecule has 0 saturated carbocycles. The summed E-state index contributed by atoms with van der Waals surface area (Å²) in [5.74, 6) is 2.13. The fraction of sp³-hybridized carbons (Fsp3) is 0.786. The van der Waals surface area contributed by atoms with Crippen LogP contribution in [-0.4, -0.2) is 48.7 Å². The first-order valence-electron chi connectivity index (χ1n) is 7.54. The Labute approximate surface area is 122 Å². The first kappa shape index (κ1) is 16.5. The van der Waals surface area contributed by atoms with Gasteiger partial charge in [0.2, 0.25) is 17.8 Å². The van der Waals surface area contributed by atoms with Gasteiger partial charge >= 0.3 is 0 Å². The van der Waals surface area contributed by atoms with Crippen LogP contribution in [-0.2, 0) is 0 Å². The zero-order chi connectivity index (χ0) is 15.0. The summed E-state index contributed by atoms with van der Waals surface area (Å²) in [5, 5.41) is 3.25. The molecule has 0 aliphatic heterocycles. The van der Waals surface area contributed by atoms with Gasteiger partial charge in [-0.15, -0.1) is 0 Å². The van der Waals surface area contributed by atoms with Crippen molar-refractivity contribution in [1.82, 2.24) is 15.0 Å². The summed E-state index contributed by atoms with van der Waals surface area (Å²) in [6.07, 6.45) is 3.22. The Hall–Kier alpha value is -1.59. The van der Waals surface area contributed by atoms with Gasteiger partial charge in [0.25, 0.3) is 0 Å². The van der Waals surface area contributed by atoms with E-state index in [1.165, 1.54) is 0 Å². The van der Waals surface area contributed by atoms with E-state index in [4.69, 9.17) is 0 Å². The lowest BCUT2D eigenvalue weighted by atomic mass is 10.4. The van der Waals surface area contributed by atoms with Crippen LogP contribution in [0.4, 0.5) is 17.8 Å². The normalized spacial score (nSPS) is 10.4. The first-order chi connectivity index (χ1) is 9.62. The Bertz CT molecular complexity index is 387. The van der Waals surface area contributed by atoms with Crippen molar-refractivity contribution in [3.63, 3.8) is 0 Å². The maximum atomic E-state index is 4.57. The van der Waals surface area contributed by atoms with Crippen molar-refractivity contribution in [3.05, 3.63) is 0 Å². The number of nitrogens with zero attached hydrogens (tertiary/aromatic N) is 5. The zero-order valence-corrected chi connectivity index (χ0v) is 13.5. The van der Waals surface area contributed by atoms with E-state index in [2.05, 4.69) is 45.9 Å². The minimum absolute atomic E-state index is 0.665. The highest BCUT2D eigenvalue weighted by molar-refractivity contribution is 5.44. The molecule has 20 heavy (non-hydrogen) atoms. The topological polar surface area (TPSA) is 57.2 Å². The Morgan fingerprint density at radius 1 is 0.850 bits per heavy atom. The summed E-state index contributed by atoms with van der Waals surface area (Å²) in [7, 11) is 3.90. The van der Waals surface area contributed by atoms with Crippen molar-refractivity contribution in [2.45, 2.75) is 40.0 Å². The van der Waals surface area contributed by atoms with E-state index in [0.29, 0.717) is 11.9 Å². The van der Waals surface area contributed by atoms with Crippen LogP contribution in [0.5, 0.6) is 0 Å². The minimum atomic E-state index is 0.665. The van der Waals surface area contributed by atoms with Crippen molar-refractivity contribution >= 4 is 17.8 Å². The summed E-state index contributed by atoms with van der Waals surface area (Å²) in [4.78, 5) is 17.7. The monoisotopic (exact) mass is 280 g/mol. The van der Waals surface area contributed by atoms with E-state index >= 15 is 0 Å². The average molecular weight is 280 g/mol. The van der Waals surface area contributed by atoms with Gasteiger partial charge in [0, 0.05) is 33.7 Å². The molecule has 0 radical (unpaired) electrons. The first-order valence-corrected chi connectivity index (χ1v) is 7.54. The van der Waals surface area contributed by atoms with Crippen LogP contribution in [0.1, 0.15) is 40.0 Å². The summed E-state index contributed by atoms with van der Waals surface area (Å²) < 4.78 is 0. The molecule has 0 saturated heterocycles. The second kappa shape index (κ2) is 8.55. The van der Waals surface area contributed by atoms with E-state index < -0.39 is 0 Å². The minimum Gasteiger partial charge on any atom is -0.354 e. The van der Waals surface area contributed by atoms with Crippen LogP contribution in [0.15, 0.2) is 0 Å². The fourth-order valence-electron chi connectivity index (χ4n) is 1.86. The predicted molar refractivity (Wildman–Crippen MR) is 85.7 cm³/mol. The Morgan fingerprint density at radius 2 is 1.45 bits per heavy atom. The number of hydrogen-bond acceptors (Lipinski definition) is 6. The molecule has 0 unspecified atom stereocenters. The smallest absolute Gasteiger partial charge is 0.231 e. The van der Waals surface area contributed by atoms with Gasteiger partial charge in [-0.1, -0.05) is 20.8 Å². The van der Waals surface area contributed by atoms with Crippen molar-refractivity contribution in [2.24, 2.45) is 0 Å². The number of nitrogens with one attached hydrogen (secondary N) is 1. The Kier molecular flexibility index (Phi) is 7.04. The molecule has 0 bridgehead atoms. The highest BCUT2D eigenvalue weighted by Crippen LogP contribution is 2.16. The molecule has 0 aliphatic rings. The van der Waals surface area contributed by atoms with Crippen molar-refractivity contribution < 1.29 is 0 Å². The van der Waals surface area contributed by atoms with Crippen LogP contribution >= 0.6 is 0 Å². The summed E-state index contributed by atoms with van der Waals surface area (Å²) in [5.41, 5.74) is 0. The zero-order valence-electron chi connectivity index (χ0n) is 13.5. The van der Waals surface area contributed by atoms with Gasteiger partial charge in [0.05, 0.1) is 0 Å². The van der Waals surface area contributed by atoms with Crippen LogP contribution in [0.25, 0.3) is 0 Å². The highest BCUT2D eigenvalue weighted by atomic mass is 15.3. The van der Waals surface area contributed by atoms with Gasteiger partial charge in [-0.2, -0.15) is 15.0 Å². The molecule has 1 N–H and O–H groups in total. The molecule has 6 nitrogen and oxygen atoms in total. The standard InChI is InChI=1S/C14H28N6/c1-6-9-15-12-16-13(19(4)5)18-14(17-12)20(10-7-2)11-8-3/h6-11H2,1-5H3,(H,15,16,17,18). The molecular weight excluding hydrogens is 252 g/mol. The quantitative estimate of drug-likeness (QED) is 0.749. The molecule has 0 fully saturated rings. The summed E-state index contributed by atoms with van der Waals surface area (Å²) in [6, 6.07) is 0. The van der Waals surface area contributed by atoms with Crippen LogP contribution < -0.4 is 15.1 Å². The molecular formula is C14H28N6. The maximum absolute atomic E-state index is 4.57. The molecule has 1 aromatic heterocycles. The lowest BCUT2D eigenvalue weighted by Crippen LogP contribution is -2.28. The third kappa shape index (κ3) is 4.83. The van der Waals surface area contributed by atoms with Gasteiger partial charge in [-0.25, -0.2) is 0 Å². The third-order valence-electron chi connectivity index (χ3n) is 2.81. The average Bonchev–Trinajstić information content (AvgIpc) is 2.44. The van der Waals surface area contributed by atoms with Crippen LogP contribution in [0.2, 0.25) is 0 Å². The van der Waals surface area contributed by atoms with E-state index in [1.807, 2.05) is 19.0 Å². The van der Waals surface area contributed by atoms with Gasteiger partial charge in [-0.05, 0) is 19.3 Å². The van der Waals surface area contributed by atoms with E-state index in [-0.39, 0.29) is 0 Å². The van der Waals surface area contributed by atoms with Gasteiger partial charge in [0.15, 0.2) is 0 Å². The van der Waals surface area contributed by atoms with Gasteiger partial charge in [-0.3, -0.25) is 0 Å². The molecule has 1 aromatic rings. The highest BCUT2D eigenvalue weighted by Gasteiger charge is 2.13. The molecule has 0 aliphatic carbocycles. The summed E-state index contributed by atoms with van der Waals surface area (Å²) in [6.45, 7) is 9.29. The fourth-order valence-corrected chi connectivity index (χ4v) is 1.86. The molecule has 0 spiro atoms. The lowest BCUT2D eigenvalue weighted by Gasteiger charge is -2.23. The molecule has 114 valence electrons. The Morgan fingerprint density at radius 3 is 1.95 bits per heavy atom. The summed E-state index contributed by atoms with van der Waals surface area (Å²) >= 11 is 0. The molecule has 0 aromatic carbocycles. The molecule has 6 heteroatoms. The Balaban J connectivity index is 3.04. The van der Waals surface area contributed by atoms with Crippen LogP contribution in [0.3, 0.4) is 0 Å². The number of anilines is 3. The van der Waals surface area contributed by atoms with E-state index in [1.54, 1.807) is 0 Å². The van der Waals surface area contributed by atoms with Crippen molar-refractivity contribution in [3.8, 4) is 0 Å². The molecule has 0 amide bonds. The molecule has 1 rings (SSSR count). The third-order valence-corrected chi connectivity index (χ3v) is 2.81. The number of rotatable bonds is 9. The number of hydrogen-bond donors (Lipinski definition) is 1. The van der Waals surface area contributed by atoms with Gasteiger partial charge < -0.3 is 15.1 Å². The molecule has 1 heterocycles.